The van der Waals surface area contributed by atoms with Gasteiger partial charge in [-0.15, -0.1) is 0 Å². The first-order valence-electron chi connectivity index (χ1n) is 4.84. The molecule has 0 aromatic carbocycles. The number of hydrogen-bond donors (Lipinski definition) is 1. The topological polar surface area (TPSA) is 108 Å². The molecular weight excluding hydrogens is 226 g/mol. The molecule has 7 heteroatoms. The summed E-state index contributed by atoms with van der Waals surface area (Å²) in [6.45, 7) is 5.10. The second-order valence-corrected chi connectivity index (χ2v) is 4.39. The van der Waals surface area contributed by atoms with Crippen LogP contribution in [0, 0.1) is 10.1 Å². The number of nitrogen functional groups attached to an aromatic ring is 1. The highest BCUT2D eigenvalue weighted by Gasteiger charge is 2.21. The SMILES string of the molecule is CC(C)(C)OC(=O)c1cnc(N)c([N+](=O)[O-])c1. The highest BCUT2D eigenvalue weighted by atomic mass is 16.6. The molecule has 1 aromatic rings. The zero-order valence-corrected chi connectivity index (χ0v) is 9.76. The number of rotatable bonds is 2. The van der Waals surface area contributed by atoms with Gasteiger partial charge in [-0.2, -0.15) is 0 Å². The van der Waals surface area contributed by atoms with Gasteiger partial charge in [-0.1, -0.05) is 0 Å². The van der Waals surface area contributed by atoms with Gasteiger partial charge in [0.1, 0.15) is 5.60 Å². The van der Waals surface area contributed by atoms with Crippen LogP contribution in [-0.4, -0.2) is 21.5 Å². The first-order chi connectivity index (χ1) is 7.70. The molecule has 7 nitrogen and oxygen atoms in total. The Hall–Kier alpha value is -2.18. The minimum absolute atomic E-state index is 0.000764. The number of carbonyl (C=O) groups excluding carboxylic acids is 1. The molecule has 1 heterocycles. The van der Waals surface area contributed by atoms with E-state index in [1.807, 2.05) is 0 Å². The summed E-state index contributed by atoms with van der Waals surface area (Å²) < 4.78 is 5.06. The van der Waals surface area contributed by atoms with Crippen molar-refractivity contribution in [2.75, 3.05) is 5.73 Å². The van der Waals surface area contributed by atoms with Gasteiger partial charge in [-0.25, -0.2) is 9.78 Å². The van der Waals surface area contributed by atoms with Gasteiger partial charge in [0.15, 0.2) is 0 Å². The Bertz CT molecular complexity index is 465. The van der Waals surface area contributed by atoms with Crippen molar-refractivity contribution in [3.05, 3.63) is 27.9 Å². The molecule has 1 aromatic heterocycles. The fourth-order valence-electron chi connectivity index (χ4n) is 1.06. The molecular formula is C10H13N3O4. The zero-order chi connectivity index (χ0) is 13.2. The second-order valence-electron chi connectivity index (χ2n) is 4.39. The molecule has 1 rings (SSSR count). The molecule has 0 radical (unpaired) electrons. The number of aromatic nitrogens is 1. The van der Waals surface area contributed by atoms with Crippen LogP contribution < -0.4 is 5.73 Å². The van der Waals surface area contributed by atoms with Gasteiger partial charge in [0.05, 0.1) is 10.5 Å². The molecule has 0 unspecified atom stereocenters. The van der Waals surface area contributed by atoms with Crippen molar-refractivity contribution in [1.82, 2.24) is 4.98 Å². The van der Waals surface area contributed by atoms with Crippen molar-refractivity contribution in [3.8, 4) is 0 Å². The summed E-state index contributed by atoms with van der Waals surface area (Å²) in [5, 5.41) is 10.6. The number of hydrogen-bond acceptors (Lipinski definition) is 6. The molecule has 0 aliphatic heterocycles. The van der Waals surface area contributed by atoms with Crippen molar-refractivity contribution in [2.45, 2.75) is 26.4 Å². The molecule has 92 valence electrons. The molecule has 2 N–H and O–H groups in total. The third kappa shape index (κ3) is 3.40. The molecule has 0 amide bonds. The van der Waals surface area contributed by atoms with Gasteiger partial charge in [-0.3, -0.25) is 10.1 Å². The van der Waals surface area contributed by atoms with Gasteiger partial charge < -0.3 is 10.5 Å². The Morgan fingerprint density at radius 2 is 2.12 bits per heavy atom. The van der Waals surface area contributed by atoms with Crippen LogP contribution in [0.4, 0.5) is 11.5 Å². The van der Waals surface area contributed by atoms with Crippen LogP contribution in [0.5, 0.6) is 0 Å². The summed E-state index contributed by atoms with van der Waals surface area (Å²) in [4.78, 5) is 25.1. The minimum Gasteiger partial charge on any atom is -0.456 e. The Kier molecular flexibility index (Phi) is 3.31. The lowest BCUT2D eigenvalue weighted by atomic mass is 10.2. The third-order valence-electron chi connectivity index (χ3n) is 1.73. The maximum Gasteiger partial charge on any atom is 0.340 e. The number of ether oxygens (including phenoxy) is 1. The van der Waals surface area contributed by atoms with Gasteiger partial charge in [-0.05, 0) is 20.8 Å². The van der Waals surface area contributed by atoms with Crippen LogP contribution in [0.2, 0.25) is 0 Å². The predicted octanol–water partition coefficient (Wildman–Crippen LogP) is 1.53. The van der Waals surface area contributed by atoms with E-state index in [1.165, 1.54) is 0 Å². The third-order valence-corrected chi connectivity index (χ3v) is 1.73. The summed E-state index contributed by atoms with van der Waals surface area (Å²) in [7, 11) is 0. The van der Waals surface area contributed by atoms with E-state index < -0.39 is 22.2 Å². The van der Waals surface area contributed by atoms with Crippen LogP contribution in [-0.2, 0) is 4.74 Å². The van der Waals surface area contributed by atoms with Crippen molar-refractivity contribution in [1.29, 1.82) is 0 Å². The maximum absolute atomic E-state index is 11.6. The van der Waals surface area contributed by atoms with Crippen molar-refractivity contribution >= 4 is 17.5 Å². The molecule has 17 heavy (non-hydrogen) atoms. The lowest BCUT2D eigenvalue weighted by Crippen LogP contribution is -2.24. The van der Waals surface area contributed by atoms with E-state index in [0.29, 0.717) is 0 Å². The number of nitro groups is 1. The number of nitrogens with two attached hydrogens (primary N) is 1. The molecule has 0 fully saturated rings. The number of carbonyl (C=O) groups is 1. The van der Waals surface area contributed by atoms with Crippen molar-refractivity contribution in [3.63, 3.8) is 0 Å². The lowest BCUT2D eigenvalue weighted by Gasteiger charge is -2.19. The number of pyridine rings is 1. The zero-order valence-electron chi connectivity index (χ0n) is 9.76. The van der Waals surface area contributed by atoms with Crippen molar-refractivity contribution in [2.24, 2.45) is 0 Å². The highest BCUT2D eigenvalue weighted by Crippen LogP contribution is 2.21. The molecule has 0 saturated carbocycles. The Morgan fingerprint density at radius 1 is 1.53 bits per heavy atom. The lowest BCUT2D eigenvalue weighted by molar-refractivity contribution is -0.384. The van der Waals surface area contributed by atoms with Crippen LogP contribution >= 0.6 is 0 Å². The minimum atomic E-state index is -0.698. The van der Waals surface area contributed by atoms with E-state index in [9.17, 15) is 14.9 Å². The van der Waals surface area contributed by atoms with Crippen LogP contribution in [0.1, 0.15) is 31.1 Å². The monoisotopic (exact) mass is 239 g/mol. The van der Waals surface area contributed by atoms with Gasteiger partial charge in [0, 0.05) is 12.3 Å². The van der Waals surface area contributed by atoms with E-state index >= 15 is 0 Å². The van der Waals surface area contributed by atoms with E-state index in [-0.39, 0.29) is 11.4 Å². The summed E-state index contributed by atoms with van der Waals surface area (Å²) in [5.74, 6) is -0.907. The maximum atomic E-state index is 11.6. The molecule has 0 atom stereocenters. The summed E-state index contributed by atoms with van der Waals surface area (Å²) in [6, 6.07) is 1.05. The average molecular weight is 239 g/mol. The second kappa shape index (κ2) is 4.36. The van der Waals surface area contributed by atoms with Gasteiger partial charge in [0.2, 0.25) is 5.82 Å². The molecule has 0 aliphatic carbocycles. The molecule has 0 bridgehead atoms. The largest absolute Gasteiger partial charge is 0.456 e. The Morgan fingerprint density at radius 3 is 2.59 bits per heavy atom. The summed E-state index contributed by atoms with van der Waals surface area (Å²) >= 11 is 0. The van der Waals surface area contributed by atoms with E-state index in [0.717, 1.165) is 12.3 Å². The number of anilines is 1. The first-order valence-corrected chi connectivity index (χ1v) is 4.84. The number of nitrogens with zero attached hydrogens (tertiary/aromatic N) is 2. The van der Waals surface area contributed by atoms with Crippen LogP contribution in [0.25, 0.3) is 0 Å². The fourth-order valence-corrected chi connectivity index (χ4v) is 1.06. The quantitative estimate of drug-likeness (QED) is 0.476. The summed E-state index contributed by atoms with van der Waals surface area (Å²) in [6.07, 6.45) is 1.15. The van der Waals surface area contributed by atoms with E-state index in [4.69, 9.17) is 10.5 Å². The standard InChI is InChI=1S/C10H13N3O4/c1-10(2,3)17-9(14)6-4-7(13(15)16)8(11)12-5-6/h4-5H,1-3H3,(H2,11,12). The van der Waals surface area contributed by atoms with Gasteiger partial charge in [0.25, 0.3) is 0 Å². The van der Waals surface area contributed by atoms with Crippen molar-refractivity contribution < 1.29 is 14.5 Å². The molecule has 0 saturated heterocycles. The van der Waals surface area contributed by atoms with Crippen LogP contribution in [0.3, 0.4) is 0 Å². The smallest absolute Gasteiger partial charge is 0.340 e. The molecule has 0 aliphatic rings. The number of esters is 1. The summed E-state index contributed by atoms with van der Waals surface area (Å²) in [5.41, 5.74) is 4.23. The average Bonchev–Trinajstić information content (AvgIpc) is 2.14. The van der Waals surface area contributed by atoms with Crippen LogP contribution in [0.15, 0.2) is 12.3 Å². The molecule has 0 spiro atoms. The Labute approximate surface area is 97.7 Å². The Balaban J connectivity index is 3.04. The van der Waals surface area contributed by atoms with E-state index in [1.54, 1.807) is 20.8 Å². The fraction of sp³-hybridized carbons (Fsp3) is 0.400. The predicted molar refractivity (Wildman–Crippen MR) is 60.5 cm³/mol. The first kappa shape index (κ1) is 12.9. The van der Waals surface area contributed by atoms with Gasteiger partial charge >= 0.3 is 11.7 Å². The normalized spacial score (nSPS) is 11.0. The van der Waals surface area contributed by atoms with E-state index in [2.05, 4.69) is 4.98 Å². The highest BCUT2D eigenvalue weighted by molar-refractivity contribution is 5.90.